The Morgan fingerprint density at radius 1 is 1.54 bits per heavy atom. The number of nitrogens with zero attached hydrogens (tertiary/aromatic N) is 2. The van der Waals surface area contributed by atoms with Crippen LogP contribution in [0.15, 0.2) is 12.3 Å². The molecular formula is C9H14N2O2. The van der Waals surface area contributed by atoms with Crippen LogP contribution in [0.2, 0.25) is 0 Å². The van der Waals surface area contributed by atoms with Crippen LogP contribution in [0.25, 0.3) is 0 Å². The largest absolute Gasteiger partial charge is 0.474 e. The van der Waals surface area contributed by atoms with Gasteiger partial charge in [-0.25, -0.2) is 4.68 Å². The number of hydrogen-bond acceptors (Lipinski definition) is 3. The third-order valence-electron chi connectivity index (χ3n) is 2.23. The van der Waals surface area contributed by atoms with Gasteiger partial charge in [-0.2, -0.15) is 5.10 Å². The van der Waals surface area contributed by atoms with Crippen LogP contribution in [-0.4, -0.2) is 29.1 Å². The van der Waals surface area contributed by atoms with Gasteiger partial charge in [-0.3, -0.25) is 0 Å². The molecule has 0 saturated carbocycles. The van der Waals surface area contributed by atoms with Crippen LogP contribution < -0.4 is 4.74 Å². The van der Waals surface area contributed by atoms with Crippen LogP contribution in [-0.2, 0) is 11.8 Å². The van der Waals surface area contributed by atoms with Crippen molar-refractivity contribution >= 4 is 0 Å². The predicted octanol–water partition coefficient (Wildman–Crippen LogP) is 0.978. The van der Waals surface area contributed by atoms with Crippen molar-refractivity contribution in [3.8, 4) is 5.88 Å². The molecule has 1 fully saturated rings. The summed E-state index contributed by atoms with van der Waals surface area (Å²) in [6.45, 7) is 1.62. The fourth-order valence-electron chi connectivity index (χ4n) is 1.44. The van der Waals surface area contributed by atoms with E-state index in [4.69, 9.17) is 9.47 Å². The summed E-state index contributed by atoms with van der Waals surface area (Å²) >= 11 is 0. The summed E-state index contributed by atoms with van der Waals surface area (Å²) in [5.74, 6) is 0.840. The molecule has 1 saturated heterocycles. The predicted molar refractivity (Wildman–Crippen MR) is 47.7 cm³/mol. The second kappa shape index (κ2) is 3.79. The van der Waals surface area contributed by atoms with Gasteiger partial charge in [-0.05, 0) is 0 Å². The monoisotopic (exact) mass is 182 g/mol. The molecule has 0 amide bonds. The van der Waals surface area contributed by atoms with Crippen molar-refractivity contribution in [2.24, 2.45) is 7.05 Å². The van der Waals surface area contributed by atoms with E-state index in [2.05, 4.69) is 5.10 Å². The zero-order valence-electron chi connectivity index (χ0n) is 7.77. The number of aromatic nitrogens is 2. The standard InChI is InChI=1S/C9H14N2O2/c1-11-9(2-5-10-11)13-8-3-6-12-7-4-8/h2,5,8H,3-4,6-7H2,1H3. The summed E-state index contributed by atoms with van der Waals surface area (Å²) in [6.07, 6.45) is 3.99. The molecule has 4 heteroatoms. The topological polar surface area (TPSA) is 36.3 Å². The van der Waals surface area contributed by atoms with Gasteiger partial charge in [0.1, 0.15) is 6.10 Å². The van der Waals surface area contributed by atoms with Crippen LogP contribution in [0.4, 0.5) is 0 Å². The van der Waals surface area contributed by atoms with Crippen LogP contribution >= 0.6 is 0 Å². The molecule has 2 rings (SSSR count). The van der Waals surface area contributed by atoms with Crippen molar-refractivity contribution in [3.63, 3.8) is 0 Å². The molecule has 0 spiro atoms. The Morgan fingerprint density at radius 2 is 2.31 bits per heavy atom. The van der Waals surface area contributed by atoms with E-state index >= 15 is 0 Å². The van der Waals surface area contributed by atoms with Gasteiger partial charge in [0.2, 0.25) is 5.88 Å². The van der Waals surface area contributed by atoms with Crippen LogP contribution in [0.1, 0.15) is 12.8 Å². The van der Waals surface area contributed by atoms with E-state index in [-0.39, 0.29) is 0 Å². The van der Waals surface area contributed by atoms with Crippen LogP contribution in [0.3, 0.4) is 0 Å². The summed E-state index contributed by atoms with van der Waals surface area (Å²) in [5, 5.41) is 4.04. The van der Waals surface area contributed by atoms with E-state index in [1.54, 1.807) is 10.9 Å². The molecule has 0 atom stereocenters. The molecule has 72 valence electrons. The zero-order valence-corrected chi connectivity index (χ0v) is 7.77. The molecule has 0 unspecified atom stereocenters. The molecule has 0 N–H and O–H groups in total. The first-order chi connectivity index (χ1) is 6.36. The van der Waals surface area contributed by atoms with Gasteiger partial charge in [0.25, 0.3) is 0 Å². The fraction of sp³-hybridized carbons (Fsp3) is 0.667. The van der Waals surface area contributed by atoms with Crippen molar-refractivity contribution in [1.29, 1.82) is 0 Å². The Balaban J connectivity index is 1.93. The Bertz CT molecular complexity index is 266. The first kappa shape index (κ1) is 8.56. The van der Waals surface area contributed by atoms with Crippen LogP contribution in [0.5, 0.6) is 5.88 Å². The number of rotatable bonds is 2. The minimum Gasteiger partial charge on any atom is -0.474 e. The van der Waals surface area contributed by atoms with E-state index in [1.165, 1.54) is 0 Å². The molecular weight excluding hydrogens is 168 g/mol. The van der Waals surface area contributed by atoms with Gasteiger partial charge in [0, 0.05) is 26.0 Å². The summed E-state index contributed by atoms with van der Waals surface area (Å²) in [7, 11) is 1.88. The Labute approximate surface area is 77.4 Å². The molecule has 1 aliphatic heterocycles. The highest BCUT2D eigenvalue weighted by atomic mass is 16.5. The molecule has 4 nitrogen and oxygen atoms in total. The van der Waals surface area contributed by atoms with E-state index < -0.39 is 0 Å². The highest BCUT2D eigenvalue weighted by molar-refractivity contribution is 5.07. The first-order valence-corrected chi connectivity index (χ1v) is 4.58. The maximum absolute atomic E-state index is 5.75. The van der Waals surface area contributed by atoms with Gasteiger partial charge >= 0.3 is 0 Å². The normalized spacial score (nSPS) is 18.8. The van der Waals surface area contributed by atoms with Gasteiger partial charge < -0.3 is 9.47 Å². The molecule has 0 aliphatic carbocycles. The number of aryl methyl sites for hydroxylation is 1. The average Bonchev–Trinajstić information content (AvgIpc) is 2.54. The van der Waals surface area contributed by atoms with Gasteiger partial charge in [-0.1, -0.05) is 0 Å². The van der Waals surface area contributed by atoms with E-state index in [0.717, 1.165) is 31.9 Å². The van der Waals surface area contributed by atoms with Crippen LogP contribution in [0, 0.1) is 0 Å². The lowest BCUT2D eigenvalue weighted by molar-refractivity contribution is 0.0221. The third kappa shape index (κ3) is 2.01. The molecule has 13 heavy (non-hydrogen) atoms. The van der Waals surface area contributed by atoms with Crippen molar-refractivity contribution in [2.75, 3.05) is 13.2 Å². The highest BCUT2D eigenvalue weighted by Gasteiger charge is 2.16. The molecule has 0 aromatic carbocycles. The lowest BCUT2D eigenvalue weighted by atomic mass is 10.2. The molecule has 2 heterocycles. The SMILES string of the molecule is Cn1nccc1OC1CCOCC1. The maximum atomic E-state index is 5.75. The van der Waals surface area contributed by atoms with Gasteiger partial charge in [-0.15, -0.1) is 0 Å². The lowest BCUT2D eigenvalue weighted by Crippen LogP contribution is -2.26. The highest BCUT2D eigenvalue weighted by Crippen LogP contribution is 2.16. The Hall–Kier alpha value is -1.03. The molecule has 0 radical (unpaired) electrons. The lowest BCUT2D eigenvalue weighted by Gasteiger charge is -2.22. The zero-order chi connectivity index (χ0) is 9.10. The number of ether oxygens (including phenoxy) is 2. The summed E-state index contributed by atoms with van der Waals surface area (Å²) in [4.78, 5) is 0. The molecule has 1 aromatic rings. The van der Waals surface area contributed by atoms with Crippen molar-refractivity contribution in [1.82, 2.24) is 9.78 Å². The Morgan fingerprint density at radius 3 is 2.92 bits per heavy atom. The third-order valence-corrected chi connectivity index (χ3v) is 2.23. The summed E-state index contributed by atoms with van der Waals surface area (Å²) in [6, 6.07) is 1.88. The average molecular weight is 182 g/mol. The number of hydrogen-bond donors (Lipinski definition) is 0. The maximum Gasteiger partial charge on any atom is 0.211 e. The summed E-state index contributed by atoms with van der Waals surface area (Å²) < 4.78 is 12.7. The fourth-order valence-corrected chi connectivity index (χ4v) is 1.44. The van der Waals surface area contributed by atoms with Crippen molar-refractivity contribution < 1.29 is 9.47 Å². The minimum absolute atomic E-state index is 0.296. The van der Waals surface area contributed by atoms with E-state index in [0.29, 0.717) is 6.10 Å². The second-order valence-corrected chi connectivity index (χ2v) is 3.22. The quantitative estimate of drug-likeness (QED) is 0.684. The molecule has 1 aromatic heterocycles. The van der Waals surface area contributed by atoms with Gasteiger partial charge in [0.05, 0.1) is 19.4 Å². The Kier molecular flexibility index (Phi) is 2.49. The van der Waals surface area contributed by atoms with Gasteiger partial charge in [0.15, 0.2) is 0 Å². The molecule has 1 aliphatic rings. The first-order valence-electron chi connectivity index (χ1n) is 4.58. The van der Waals surface area contributed by atoms with E-state index in [1.807, 2.05) is 13.1 Å². The van der Waals surface area contributed by atoms with E-state index in [9.17, 15) is 0 Å². The minimum atomic E-state index is 0.296. The van der Waals surface area contributed by atoms with Crippen molar-refractivity contribution in [3.05, 3.63) is 12.3 Å². The molecule has 0 bridgehead atoms. The van der Waals surface area contributed by atoms with Crippen molar-refractivity contribution in [2.45, 2.75) is 18.9 Å². The second-order valence-electron chi connectivity index (χ2n) is 3.22. The smallest absolute Gasteiger partial charge is 0.211 e. The summed E-state index contributed by atoms with van der Waals surface area (Å²) in [5.41, 5.74) is 0.